The van der Waals surface area contributed by atoms with E-state index in [1.54, 1.807) is 36.4 Å². The van der Waals surface area contributed by atoms with Gasteiger partial charge in [0.05, 0.1) is 11.6 Å². The first kappa shape index (κ1) is 14.9. The summed E-state index contributed by atoms with van der Waals surface area (Å²) in [6.45, 7) is 2.65. The zero-order valence-corrected chi connectivity index (χ0v) is 12.5. The van der Waals surface area contributed by atoms with Gasteiger partial charge in [0.2, 0.25) is 0 Å². The number of hydrogen-bond acceptors (Lipinski definition) is 2. The summed E-state index contributed by atoms with van der Waals surface area (Å²) in [4.78, 5) is 12.4. The number of benzene rings is 2. The minimum Gasteiger partial charge on any atom is -0.494 e. The topological polar surface area (TPSA) is 26.3 Å². The van der Waals surface area contributed by atoms with Gasteiger partial charge in [0, 0.05) is 16.1 Å². The summed E-state index contributed by atoms with van der Waals surface area (Å²) in [6, 6.07) is 11.9. The number of carbonyl (C=O) groups is 1. The molecule has 0 saturated carbocycles. The van der Waals surface area contributed by atoms with Crippen molar-refractivity contribution in [3.05, 3.63) is 63.6 Å². The molecule has 20 heavy (non-hydrogen) atoms. The van der Waals surface area contributed by atoms with Crippen LogP contribution in [0.3, 0.4) is 0 Å². The third-order valence-corrected chi connectivity index (χ3v) is 3.29. The van der Waals surface area contributed by atoms with Crippen molar-refractivity contribution in [1.29, 1.82) is 0 Å². The summed E-state index contributed by atoms with van der Waals surface area (Å²) in [5.74, 6) is 0.538. The van der Waals surface area contributed by atoms with Crippen LogP contribution in [0.15, 0.2) is 42.5 Å². The summed E-state index contributed by atoms with van der Waals surface area (Å²) in [5.41, 5.74) is 0.978. The molecule has 0 aliphatic carbocycles. The SMILES string of the molecule is CCCOc1cccc(C(=O)c2ccc(Cl)cc2Cl)c1. The Morgan fingerprint density at radius 1 is 1.15 bits per heavy atom. The Morgan fingerprint density at radius 3 is 2.65 bits per heavy atom. The Kier molecular flexibility index (Phi) is 5.05. The fourth-order valence-electron chi connectivity index (χ4n) is 1.78. The highest BCUT2D eigenvalue weighted by atomic mass is 35.5. The molecule has 104 valence electrons. The maximum atomic E-state index is 12.4. The standard InChI is InChI=1S/C16H14Cl2O2/c1-2-8-20-13-5-3-4-11(9-13)16(19)14-7-6-12(17)10-15(14)18/h3-7,9-10H,2,8H2,1H3. The summed E-state index contributed by atoms with van der Waals surface area (Å²) in [5, 5.41) is 0.856. The molecule has 2 aromatic carbocycles. The van der Waals surface area contributed by atoms with Crippen LogP contribution in [0.1, 0.15) is 29.3 Å². The smallest absolute Gasteiger partial charge is 0.194 e. The Balaban J connectivity index is 2.28. The number of hydrogen-bond donors (Lipinski definition) is 0. The zero-order valence-electron chi connectivity index (χ0n) is 11.0. The largest absolute Gasteiger partial charge is 0.494 e. The minimum absolute atomic E-state index is 0.145. The van der Waals surface area contributed by atoms with Crippen LogP contribution in [-0.2, 0) is 0 Å². The second-order valence-electron chi connectivity index (χ2n) is 4.33. The molecule has 2 nitrogen and oxygen atoms in total. The van der Waals surface area contributed by atoms with Crippen molar-refractivity contribution >= 4 is 29.0 Å². The van der Waals surface area contributed by atoms with Gasteiger partial charge >= 0.3 is 0 Å². The van der Waals surface area contributed by atoms with E-state index in [-0.39, 0.29) is 5.78 Å². The normalized spacial score (nSPS) is 10.3. The molecule has 0 spiro atoms. The van der Waals surface area contributed by atoms with E-state index in [0.29, 0.717) is 33.5 Å². The lowest BCUT2D eigenvalue weighted by molar-refractivity contribution is 0.103. The van der Waals surface area contributed by atoms with Gasteiger partial charge in [-0.15, -0.1) is 0 Å². The van der Waals surface area contributed by atoms with Crippen molar-refractivity contribution in [2.75, 3.05) is 6.61 Å². The molecule has 0 amide bonds. The van der Waals surface area contributed by atoms with Crippen LogP contribution in [0.25, 0.3) is 0 Å². The van der Waals surface area contributed by atoms with Crippen molar-refractivity contribution in [2.45, 2.75) is 13.3 Å². The molecule has 0 saturated heterocycles. The van der Waals surface area contributed by atoms with Gasteiger partial charge in [-0.3, -0.25) is 4.79 Å². The van der Waals surface area contributed by atoms with Crippen molar-refractivity contribution in [3.63, 3.8) is 0 Å². The zero-order chi connectivity index (χ0) is 14.5. The lowest BCUT2D eigenvalue weighted by Gasteiger charge is -2.07. The van der Waals surface area contributed by atoms with Gasteiger partial charge in [0.15, 0.2) is 5.78 Å². The Hall–Kier alpha value is -1.51. The van der Waals surface area contributed by atoms with E-state index in [0.717, 1.165) is 6.42 Å². The van der Waals surface area contributed by atoms with E-state index in [4.69, 9.17) is 27.9 Å². The molecule has 2 aromatic rings. The van der Waals surface area contributed by atoms with Gasteiger partial charge in [0.1, 0.15) is 5.75 Å². The van der Waals surface area contributed by atoms with E-state index in [1.807, 2.05) is 13.0 Å². The van der Waals surface area contributed by atoms with Crippen LogP contribution in [0.5, 0.6) is 5.75 Å². The molecule has 2 rings (SSSR count). The van der Waals surface area contributed by atoms with E-state index < -0.39 is 0 Å². The highest BCUT2D eigenvalue weighted by molar-refractivity contribution is 6.37. The quantitative estimate of drug-likeness (QED) is 0.725. The molecule has 0 atom stereocenters. The van der Waals surface area contributed by atoms with Crippen LogP contribution in [0.4, 0.5) is 0 Å². The summed E-state index contributed by atoms with van der Waals surface area (Å²) in [6.07, 6.45) is 0.918. The van der Waals surface area contributed by atoms with Gasteiger partial charge in [0.25, 0.3) is 0 Å². The van der Waals surface area contributed by atoms with Gasteiger partial charge in [-0.05, 0) is 36.8 Å². The summed E-state index contributed by atoms with van der Waals surface area (Å²) < 4.78 is 5.52. The maximum absolute atomic E-state index is 12.4. The van der Waals surface area contributed by atoms with Crippen molar-refractivity contribution in [2.24, 2.45) is 0 Å². The molecule has 0 radical (unpaired) electrons. The van der Waals surface area contributed by atoms with Gasteiger partial charge < -0.3 is 4.74 Å². The molecule has 0 unspecified atom stereocenters. The van der Waals surface area contributed by atoms with Crippen molar-refractivity contribution in [1.82, 2.24) is 0 Å². The molecule has 0 aliphatic rings. The Labute approximate surface area is 128 Å². The molecule has 4 heteroatoms. The highest BCUT2D eigenvalue weighted by Gasteiger charge is 2.13. The minimum atomic E-state index is -0.145. The van der Waals surface area contributed by atoms with Crippen LogP contribution in [-0.4, -0.2) is 12.4 Å². The van der Waals surface area contributed by atoms with Gasteiger partial charge in [-0.25, -0.2) is 0 Å². The summed E-state index contributed by atoms with van der Waals surface area (Å²) in [7, 11) is 0. The molecular weight excluding hydrogens is 295 g/mol. The summed E-state index contributed by atoms with van der Waals surface area (Å²) >= 11 is 11.9. The second-order valence-corrected chi connectivity index (χ2v) is 5.17. The van der Waals surface area contributed by atoms with Crippen LogP contribution in [0, 0.1) is 0 Å². The first-order valence-corrected chi connectivity index (χ1v) is 7.10. The van der Waals surface area contributed by atoms with E-state index in [9.17, 15) is 4.79 Å². The fraction of sp³-hybridized carbons (Fsp3) is 0.188. The fourth-order valence-corrected chi connectivity index (χ4v) is 2.27. The predicted molar refractivity (Wildman–Crippen MR) is 82.1 cm³/mol. The molecule has 0 aromatic heterocycles. The third kappa shape index (κ3) is 3.53. The van der Waals surface area contributed by atoms with Gasteiger partial charge in [-0.2, -0.15) is 0 Å². The second kappa shape index (κ2) is 6.78. The van der Waals surface area contributed by atoms with E-state index >= 15 is 0 Å². The first-order chi connectivity index (χ1) is 9.61. The monoisotopic (exact) mass is 308 g/mol. The molecule has 0 fully saturated rings. The lowest BCUT2D eigenvalue weighted by atomic mass is 10.0. The number of ketones is 1. The average Bonchev–Trinajstić information content (AvgIpc) is 2.45. The number of ether oxygens (including phenoxy) is 1. The molecular formula is C16H14Cl2O2. The molecule has 0 bridgehead atoms. The van der Waals surface area contributed by atoms with E-state index in [2.05, 4.69) is 0 Å². The van der Waals surface area contributed by atoms with Crippen molar-refractivity contribution in [3.8, 4) is 5.75 Å². The lowest BCUT2D eigenvalue weighted by Crippen LogP contribution is -2.03. The van der Waals surface area contributed by atoms with Crippen LogP contribution < -0.4 is 4.74 Å². The first-order valence-electron chi connectivity index (χ1n) is 6.34. The molecule has 0 heterocycles. The molecule has 0 aliphatic heterocycles. The third-order valence-electron chi connectivity index (χ3n) is 2.74. The maximum Gasteiger partial charge on any atom is 0.194 e. The molecule has 0 N–H and O–H groups in total. The van der Waals surface area contributed by atoms with Gasteiger partial charge in [-0.1, -0.05) is 42.3 Å². The predicted octanol–water partition coefficient (Wildman–Crippen LogP) is 5.01. The van der Waals surface area contributed by atoms with Crippen LogP contribution >= 0.6 is 23.2 Å². The number of carbonyl (C=O) groups excluding carboxylic acids is 1. The van der Waals surface area contributed by atoms with Crippen LogP contribution in [0.2, 0.25) is 10.0 Å². The Bertz CT molecular complexity index is 624. The average molecular weight is 309 g/mol. The number of halogens is 2. The van der Waals surface area contributed by atoms with Crippen molar-refractivity contribution < 1.29 is 9.53 Å². The highest BCUT2D eigenvalue weighted by Crippen LogP contribution is 2.24. The Morgan fingerprint density at radius 2 is 1.95 bits per heavy atom. The number of rotatable bonds is 5. The van der Waals surface area contributed by atoms with E-state index in [1.165, 1.54) is 0 Å².